The zero-order valence-electron chi connectivity index (χ0n) is 28.4. The van der Waals surface area contributed by atoms with Crippen molar-refractivity contribution in [2.75, 3.05) is 27.2 Å². The summed E-state index contributed by atoms with van der Waals surface area (Å²) in [6.07, 6.45) is 6.96. The van der Waals surface area contributed by atoms with Crippen LogP contribution in [0.15, 0.2) is 49.2 Å². The maximum atomic E-state index is 14.3. The largest absolute Gasteiger partial charge is 0.472 e. The lowest BCUT2D eigenvalue weighted by Gasteiger charge is -2.35. The minimum absolute atomic E-state index is 0.0307. The van der Waals surface area contributed by atoms with Gasteiger partial charge in [-0.1, -0.05) is 51.1 Å². The Hall–Kier alpha value is -4.50. The maximum Gasteiger partial charge on any atom is 0.407 e. The molecule has 1 saturated heterocycles. The lowest BCUT2D eigenvalue weighted by atomic mass is 9.85. The lowest BCUT2D eigenvalue weighted by Crippen LogP contribution is -2.60. The summed E-state index contributed by atoms with van der Waals surface area (Å²) in [6.45, 7) is 9.20. The summed E-state index contributed by atoms with van der Waals surface area (Å²) >= 11 is 0. The molecule has 2 aromatic rings. The van der Waals surface area contributed by atoms with Crippen molar-refractivity contribution in [3.05, 3.63) is 54.8 Å². The summed E-state index contributed by atoms with van der Waals surface area (Å²) in [5.74, 6) is -2.35. The smallest absolute Gasteiger partial charge is 0.407 e. The number of nitrogens with zero attached hydrogens (tertiary/aromatic N) is 3. The van der Waals surface area contributed by atoms with E-state index in [2.05, 4.69) is 22.2 Å². The van der Waals surface area contributed by atoms with Crippen LogP contribution in [0.25, 0.3) is 16.8 Å². The lowest BCUT2D eigenvalue weighted by molar-refractivity contribution is -0.142. The number of rotatable bonds is 6. The summed E-state index contributed by atoms with van der Waals surface area (Å²) in [6, 6.07) is 5.51. The number of cyclic esters (lactones) is 1. The molecule has 2 fully saturated rings. The van der Waals surface area contributed by atoms with Gasteiger partial charge >= 0.3 is 16.3 Å². The van der Waals surface area contributed by atoms with Crippen molar-refractivity contribution in [1.29, 1.82) is 0 Å². The van der Waals surface area contributed by atoms with E-state index in [4.69, 9.17) is 9.47 Å². The normalized spacial score (nSPS) is 26.9. The highest BCUT2D eigenvalue weighted by molar-refractivity contribution is 7.87. The Labute approximate surface area is 286 Å². The van der Waals surface area contributed by atoms with Crippen LogP contribution in [0.3, 0.4) is 0 Å². The van der Waals surface area contributed by atoms with Gasteiger partial charge in [-0.15, -0.1) is 6.58 Å². The van der Waals surface area contributed by atoms with E-state index < -0.39 is 69.1 Å². The van der Waals surface area contributed by atoms with E-state index in [1.54, 1.807) is 27.0 Å². The highest BCUT2D eigenvalue weighted by atomic mass is 32.2. The molecule has 4 amide bonds. The molecular weight excluding hydrogens is 652 g/mol. The minimum atomic E-state index is -4.16. The van der Waals surface area contributed by atoms with Gasteiger partial charge < -0.3 is 25.0 Å². The second-order valence-electron chi connectivity index (χ2n) is 13.9. The fourth-order valence-electron chi connectivity index (χ4n) is 6.09. The Bertz CT molecular complexity index is 1790. The van der Waals surface area contributed by atoms with Crippen LogP contribution in [0.5, 0.6) is 5.88 Å². The molecule has 0 spiro atoms. The van der Waals surface area contributed by atoms with Gasteiger partial charge in [-0.25, -0.2) is 14.5 Å². The third kappa shape index (κ3) is 7.72. The van der Waals surface area contributed by atoms with Crippen LogP contribution in [-0.4, -0.2) is 97.4 Å². The average molecular weight is 697 g/mol. The third-order valence-corrected chi connectivity index (χ3v) is 10.5. The van der Waals surface area contributed by atoms with Gasteiger partial charge in [0.2, 0.25) is 17.7 Å². The molecule has 14 nitrogen and oxygen atoms in total. The van der Waals surface area contributed by atoms with Crippen molar-refractivity contribution in [1.82, 2.24) is 29.5 Å². The first-order valence-electron chi connectivity index (χ1n) is 16.2. The number of ether oxygens (including phenoxy) is 2. The van der Waals surface area contributed by atoms with Gasteiger partial charge in [0.25, 0.3) is 5.91 Å². The molecule has 49 heavy (non-hydrogen) atoms. The Kier molecular flexibility index (Phi) is 10.1. The number of alkyl carbamates (subject to hydrolysis) is 1. The van der Waals surface area contributed by atoms with Gasteiger partial charge in [-0.05, 0) is 47.8 Å². The summed E-state index contributed by atoms with van der Waals surface area (Å²) < 4.78 is 39.7. The molecule has 0 unspecified atom stereocenters. The van der Waals surface area contributed by atoms with Crippen LogP contribution in [0.4, 0.5) is 4.79 Å². The monoisotopic (exact) mass is 696 g/mol. The molecule has 5 atom stereocenters. The van der Waals surface area contributed by atoms with Gasteiger partial charge in [-0.2, -0.15) is 12.7 Å². The second-order valence-corrected chi connectivity index (χ2v) is 15.8. The van der Waals surface area contributed by atoms with Crippen molar-refractivity contribution >= 4 is 50.9 Å². The van der Waals surface area contributed by atoms with Gasteiger partial charge in [0.15, 0.2) is 0 Å². The fraction of sp³-hybridized carbons (Fsp3) is 0.500. The minimum Gasteiger partial charge on any atom is -0.472 e. The first-order valence-corrected chi connectivity index (χ1v) is 17.6. The topological polar surface area (TPSA) is 176 Å². The Morgan fingerprint density at radius 1 is 1.20 bits per heavy atom. The van der Waals surface area contributed by atoms with Crippen molar-refractivity contribution in [2.45, 2.75) is 70.2 Å². The number of amides is 4. The highest BCUT2D eigenvalue weighted by Gasteiger charge is 2.61. The summed E-state index contributed by atoms with van der Waals surface area (Å²) in [7, 11) is -1.62. The number of aromatic nitrogens is 1. The van der Waals surface area contributed by atoms with E-state index >= 15 is 0 Å². The number of benzene rings is 1. The molecule has 1 aromatic heterocycles. The predicted octanol–water partition coefficient (Wildman–Crippen LogP) is 2.51. The predicted molar refractivity (Wildman–Crippen MR) is 182 cm³/mol. The number of carbonyl (C=O) groups excluding carboxylic acids is 4. The zero-order chi connectivity index (χ0) is 35.7. The van der Waals surface area contributed by atoms with Crippen molar-refractivity contribution in [3.8, 4) is 5.88 Å². The van der Waals surface area contributed by atoms with Crippen LogP contribution in [0, 0.1) is 11.3 Å². The molecule has 4 bridgehead atoms. The molecule has 15 heteroatoms. The number of hydrogen-bond donors (Lipinski definition) is 3. The van der Waals surface area contributed by atoms with Crippen molar-refractivity contribution in [3.63, 3.8) is 0 Å². The standard InChI is InChI=1S/C34H44N6O8S/c1-7-23-19-34(23,31(43)38-49(45,46)39(5)6)37-28(41)26-18-24-20-40(26)30(42)27(33(2,3)4)36-32(44)47-16-10-8-9-11-21-12-13-22-14-15-35-29(48-24)25(22)17-21/h7,9,11-15,17,23-24,26-27H,1,8,10,16,18-20H2,2-6H3,(H,36,44)(H,37,41)(H,38,43)/b11-9+/t23-,24+,26-,27+,34+/m0/s1. The average Bonchev–Trinajstić information content (AvgIpc) is 3.59. The SMILES string of the molecule is C=C[C@H]1C[C@]1(NC(=O)[C@@H]1C[C@@H]2CN1C(=O)[C@H](C(C)(C)C)NC(=O)OCCC/C=C/c1ccc3ccnc(c3c1)O2)C(=O)NS(=O)(=O)N(C)C. The molecule has 5 rings (SSSR count). The molecule has 1 aliphatic carbocycles. The van der Waals surface area contributed by atoms with Gasteiger partial charge in [0.05, 0.1) is 13.2 Å². The van der Waals surface area contributed by atoms with Crippen LogP contribution >= 0.6 is 0 Å². The number of carbonyl (C=O) groups is 4. The second kappa shape index (κ2) is 13.8. The van der Waals surface area contributed by atoms with Crippen LogP contribution in [-0.2, 0) is 29.3 Å². The van der Waals surface area contributed by atoms with Crippen LogP contribution in [0.2, 0.25) is 0 Å². The molecule has 3 aliphatic rings. The first kappa shape index (κ1) is 35.8. The first-order chi connectivity index (χ1) is 23.1. The highest BCUT2D eigenvalue weighted by Crippen LogP contribution is 2.45. The number of pyridine rings is 1. The van der Waals surface area contributed by atoms with Crippen molar-refractivity contribution in [2.24, 2.45) is 11.3 Å². The Balaban J connectivity index is 1.51. The van der Waals surface area contributed by atoms with Crippen LogP contribution < -0.4 is 20.1 Å². The summed E-state index contributed by atoms with van der Waals surface area (Å²) in [5.41, 5.74) is -1.46. The number of allylic oxidation sites excluding steroid dienone is 1. The molecular formula is C34H44N6O8S. The third-order valence-electron chi connectivity index (χ3n) is 9.07. The molecule has 1 aromatic carbocycles. The van der Waals surface area contributed by atoms with E-state index in [9.17, 15) is 27.6 Å². The molecule has 264 valence electrons. The summed E-state index contributed by atoms with van der Waals surface area (Å²) in [5, 5.41) is 7.10. The Morgan fingerprint density at radius 2 is 1.96 bits per heavy atom. The number of fused-ring (bicyclic) bond motifs is 3. The zero-order valence-corrected chi connectivity index (χ0v) is 29.2. The summed E-state index contributed by atoms with van der Waals surface area (Å²) in [4.78, 5) is 60.6. The van der Waals surface area contributed by atoms with Crippen LogP contribution in [0.1, 0.15) is 52.0 Å². The van der Waals surface area contributed by atoms with Gasteiger partial charge in [-0.3, -0.25) is 14.4 Å². The maximum absolute atomic E-state index is 14.3. The molecule has 3 heterocycles. The van der Waals surface area contributed by atoms with Gasteiger partial charge in [0.1, 0.15) is 23.7 Å². The molecule has 0 radical (unpaired) electrons. The molecule has 1 saturated carbocycles. The Morgan fingerprint density at radius 3 is 2.63 bits per heavy atom. The van der Waals surface area contributed by atoms with E-state index in [-0.39, 0.29) is 26.0 Å². The van der Waals surface area contributed by atoms with E-state index in [1.165, 1.54) is 25.1 Å². The molecule has 2 aliphatic heterocycles. The van der Waals surface area contributed by atoms with E-state index in [0.717, 1.165) is 20.6 Å². The van der Waals surface area contributed by atoms with E-state index in [0.29, 0.717) is 18.7 Å². The fourth-order valence-corrected chi connectivity index (χ4v) is 6.68. The quantitative estimate of drug-likeness (QED) is 0.383. The molecule has 3 N–H and O–H groups in total. The van der Waals surface area contributed by atoms with Crippen molar-refractivity contribution < 1.29 is 37.1 Å². The number of hydrogen-bond acceptors (Lipinski definition) is 9. The van der Waals surface area contributed by atoms with E-state index in [1.807, 2.05) is 41.1 Å². The van der Waals surface area contributed by atoms with Gasteiger partial charge in [0, 0.05) is 38.0 Å². The number of nitrogens with one attached hydrogen (secondary N) is 3.